The zero-order chi connectivity index (χ0) is 16.2. The number of nitrogens with one attached hydrogen (secondary N) is 1. The van der Waals surface area contributed by atoms with Gasteiger partial charge < -0.3 is 14.4 Å². The van der Waals surface area contributed by atoms with Crippen molar-refractivity contribution in [2.75, 3.05) is 27.2 Å². The molecule has 0 unspecified atom stereocenters. The van der Waals surface area contributed by atoms with Gasteiger partial charge in [0.15, 0.2) is 0 Å². The predicted molar refractivity (Wildman–Crippen MR) is 92.9 cm³/mol. The standard InChI is InChI=1S/C19H23N3O/c1-4-20-19(23)14-10-16-15-7-5-6-13-8-9-21(18(13)15)11-17(16)22(2,3)12-14/h5-10,14,17H,4,11-12H2,1-3H3/p+1/t14-,17-/m1/s1. The molecule has 2 aromatic rings. The Morgan fingerprint density at radius 1 is 1.35 bits per heavy atom. The van der Waals surface area contributed by atoms with Gasteiger partial charge in [-0.3, -0.25) is 4.79 Å². The minimum absolute atomic E-state index is 0.0482. The Morgan fingerprint density at radius 3 is 2.96 bits per heavy atom. The monoisotopic (exact) mass is 310 g/mol. The highest BCUT2D eigenvalue weighted by atomic mass is 16.1. The van der Waals surface area contributed by atoms with Crippen LogP contribution in [0.4, 0.5) is 0 Å². The molecule has 1 aromatic carbocycles. The maximum atomic E-state index is 12.4. The minimum Gasteiger partial charge on any atom is -0.356 e. The fourth-order valence-corrected chi connectivity index (χ4v) is 4.28. The van der Waals surface area contributed by atoms with E-state index in [0.29, 0.717) is 12.6 Å². The van der Waals surface area contributed by atoms with E-state index < -0.39 is 0 Å². The molecule has 1 aromatic heterocycles. The van der Waals surface area contributed by atoms with Crippen LogP contribution < -0.4 is 5.32 Å². The molecule has 0 bridgehead atoms. The molecule has 1 N–H and O–H groups in total. The first-order valence-corrected chi connectivity index (χ1v) is 8.41. The van der Waals surface area contributed by atoms with Crippen LogP contribution in [0.5, 0.6) is 0 Å². The van der Waals surface area contributed by atoms with Gasteiger partial charge >= 0.3 is 0 Å². The van der Waals surface area contributed by atoms with E-state index in [1.54, 1.807) is 0 Å². The molecule has 2 aliphatic rings. The number of para-hydroxylation sites is 1. The molecule has 23 heavy (non-hydrogen) atoms. The van der Waals surface area contributed by atoms with Gasteiger partial charge in [-0.15, -0.1) is 0 Å². The van der Waals surface area contributed by atoms with E-state index in [2.05, 4.69) is 60.5 Å². The molecule has 1 amide bonds. The smallest absolute Gasteiger partial charge is 0.232 e. The second-order valence-corrected chi connectivity index (χ2v) is 7.31. The highest BCUT2D eigenvalue weighted by Gasteiger charge is 2.43. The van der Waals surface area contributed by atoms with Gasteiger partial charge in [-0.25, -0.2) is 0 Å². The summed E-state index contributed by atoms with van der Waals surface area (Å²) < 4.78 is 3.22. The molecule has 4 nitrogen and oxygen atoms in total. The maximum Gasteiger partial charge on any atom is 0.232 e. The summed E-state index contributed by atoms with van der Waals surface area (Å²) in [6.45, 7) is 4.51. The Labute approximate surface area is 137 Å². The van der Waals surface area contributed by atoms with Crippen LogP contribution in [0.3, 0.4) is 0 Å². The molecule has 0 aliphatic carbocycles. The molecule has 4 heteroatoms. The molecule has 3 heterocycles. The van der Waals surface area contributed by atoms with Crippen LogP contribution in [0.1, 0.15) is 12.5 Å². The van der Waals surface area contributed by atoms with E-state index in [0.717, 1.165) is 17.6 Å². The van der Waals surface area contributed by atoms with Gasteiger partial charge in [-0.1, -0.05) is 24.3 Å². The molecule has 0 saturated carbocycles. The second kappa shape index (κ2) is 4.96. The maximum absolute atomic E-state index is 12.4. The van der Waals surface area contributed by atoms with Crippen molar-refractivity contribution in [2.24, 2.45) is 5.92 Å². The number of quaternary nitrogens is 1. The number of hydrogen-bond donors (Lipinski definition) is 1. The van der Waals surface area contributed by atoms with Crippen molar-refractivity contribution in [1.29, 1.82) is 0 Å². The Balaban J connectivity index is 1.88. The topological polar surface area (TPSA) is 34.0 Å². The van der Waals surface area contributed by atoms with Crippen LogP contribution in [-0.4, -0.2) is 48.2 Å². The van der Waals surface area contributed by atoms with Gasteiger partial charge in [-0.2, -0.15) is 0 Å². The summed E-state index contributed by atoms with van der Waals surface area (Å²) in [7, 11) is 4.50. The first-order chi connectivity index (χ1) is 11.0. The summed E-state index contributed by atoms with van der Waals surface area (Å²) in [4.78, 5) is 12.4. The largest absolute Gasteiger partial charge is 0.356 e. The number of nitrogens with zero attached hydrogens (tertiary/aromatic N) is 2. The first-order valence-electron chi connectivity index (χ1n) is 8.41. The van der Waals surface area contributed by atoms with Crippen LogP contribution in [0.15, 0.2) is 36.5 Å². The lowest BCUT2D eigenvalue weighted by molar-refractivity contribution is -0.910. The highest BCUT2D eigenvalue weighted by Crippen LogP contribution is 2.40. The van der Waals surface area contributed by atoms with Gasteiger partial charge in [0.05, 0.1) is 32.7 Å². The summed E-state index contributed by atoms with van der Waals surface area (Å²) in [5.74, 6) is 0.103. The lowest BCUT2D eigenvalue weighted by Crippen LogP contribution is -2.58. The Kier molecular flexibility index (Phi) is 3.13. The second-order valence-electron chi connectivity index (χ2n) is 7.31. The van der Waals surface area contributed by atoms with Crippen molar-refractivity contribution >= 4 is 22.4 Å². The van der Waals surface area contributed by atoms with Crippen molar-refractivity contribution in [1.82, 2.24) is 9.88 Å². The number of carbonyl (C=O) groups excluding carboxylic acids is 1. The average molecular weight is 310 g/mol. The molecular formula is C19H24N3O+. The fraction of sp³-hybridized carbons (Fsp3) is 0.421. The molecule has 0 saturated heterocycles. The van der Waals surface area contributed by atoms with E-state index in [1.165, 1.54) is 22.0 Å². The molecule has 0 spiro atoms. The number of likely N-dealkylation sites (N-methyl/N-ethyl adjacent to an activating group) is 1. The van der Waals surface area contributed by atoms with Crippen molar-refractivity contribution in [2.45, 2.75) is 19.5 Å². The third-order valence-electron chi connectivity index (χ3n) is 5.41. The molecular weight excluding hydrogens is 286 g/mol. The van der Waals surface area contributed by atoms with Crippen LogP contribution in [0.25, 0.3) is 16.5 Å². The van der Waals surface area contributed by atoms with Gasteiger partial charge in [0.2, 0.25) is 5.91 Å². The van der Waals surface area contributed by atoms with E-state index in [1.807, 2.05) is 6.92 Å². The Morgan fingerprint density at radius 2 is 2.17 bits per heavy atom. The van der Waals surface area contributed by atoms with Crippen LogP contribution >= 0.6 is 0 Å². The third-order valence-corrected chi connectivity index (χ3v) is 5.41. The number of amides is 1. The molecule has 0 fully saturated rings. The number of rotatable bonds is 2. The van der Waals surface area contributed by atoms with Crippen LogP contribution in [0, 0.1) is 5.92 Å². The lowest BCUT2D eigenvalue weighted by Gasteiger charge is -2.46. The van der Waals surface area contributed by atoms with E-state index in [4.69, 9.17) is 0 Å². The molecule has 2 aliphatic heterocycles. The lowest BCUT2D eigenvalue weighted by atomic mass is 9.84. The molecule has 0 radical (unpaired) electrons. The zero-order valence-corrected chi connectivity index (χ0v) is 14.0. The van der Waals surface area contributed by atoms with Crippen molar-refractivity contribution < 1.29 is 9.28 Å². The number of benzene rings is 1. The minimum atomic E-state index is -0.0482. The number of carbonyl (C=O) groups is 1. The normalized spacial score (nSPS) is 24.9. The Bertz CT molecular complexity index is 815. The number of fused-ring (bicyclic) bond motifs is 2. The fourth-order valence-electron chi connectivity index (χ4n) is 4.28. The average Bonchev–Trinajstić information content (AvgIpc) is 2.93. The van der Waals surface area contributed by atoms with Gasteiger partial charge in [0.1, 0.15) is 12.0 Å². The SMILES string of the molecule is CCNC(=O)[C@@H]1C=C2c3cccc4ccn(c34)C[C@H]2[N+](C)(C)C1. The van der Waals surface area contributed by atoms with E-state index >= 15 is 0 Å². The van der Waals surface area contributed by atoms with E-state index in [-0.39, 0.29) is 11.8 Å². The number of hydrogen-bond acceptors (Lipinski definition) is 1. The Hall–Kier alpha value is -2.07. The summed E-state index contributed by atoms with van der Waals surface area (Å²) in [6, 6.07) is 9.10. The van der Waals surface area contributed by atoms with E-state index in [9.17, 15) is 4.79 Å². The molecule has 4 rings (SSSR count). The summed E-state index contributed by atoms with van der Waals surface area (Å²) >= 11 is 0. The van der Waals surface area contributed by atoms with Gasteiger partial charge in [0, 0.05) is 29.3 Å². The summed E-state index contributed by atoms with van der Waals surface area (Å²) in [5.41, 5.74) is 3.95. The highest BCUT2D eigenvalue weighted by molar-refractivity contribution is 5.95. The predicted octanol–water partition coefficient (Wildman–Crippen LogP) is 2.25. The van der Waals surface area contributed by atoms with Crippen LogP contribution in [0.2, 0.25) is 0 Å². The van der Waals surface area contributed by atoms with Crippen molar-refractivity contribution in [3.63, 3.8) is 0 Å². The van der Waals surface area contributed by atoms with Crippen LogP contribution in [-0.2, 0) is 11.3 Å². The van der Waals surface area contributed by atoms with Crippen molar-refractivity contribution in [3.8, 4) is 0 Å². The first kappa shape index (κ1) is 14.5. The van der Waals surface area contributed by atoms with Crippen molar-refractivity contribution in [3.05, 3.63) is 42.1 Å². The van der Waals surface area contributed by atoms with Gasteiger partial charge in [0.25, 0.3) is 0 Å². The summed E-state index contributed by atoms with van der Waals surface area (Å²) in [5, 5.41) is 4.27. The molecule has 120 valence electrons. The zero-order valence-electron chi connectivity index (χ0n) is 14.0. The van der Waals surface area contributed by atoms with Gasteiger partial charge in [-0.05, 0) is 13.0 Å². The molecule has 2 atom stereocenters. The number of aromatic nitrogens is 1. The quantitative estimate of drug-likeness (QED) is 0.848. The third kappa shape index (κ3) is 2.12. The summed E-state index contributed by atoms with van der Waals surface area (Å²) in [6.07, 6.45) is 4.42.